The number of rotatable bonds is 3. The number of hydrogen-bond donors (Lipinski definition) is 1. The summed E-state index contributed by atoms with van der Waals surface area (Å²) >= 11 is 0. The van der Waals surface area contributed by atoms with Crippen molar-refractivity contribution in [3.63, 3.8) is 0 Å². The third kappa shape index (κ3) is 2.11. The van der Waals surface area contributed by atoms with Crippen LogP contribution in [0.2, 0.25) is 0 Å². The molecule has 16 heavy (non-hydrogen) atoms. The number of ether oxygens (including phenoxy) is 1. The molecular formula is C10H11FN2O3. The fourth-order valence-corrected chi connectivity index (χ4v) is 1.68. The first kappa shape index (κ1) is 10.8. The summed E-state index contributed by atoms with van der Waals surface area (Å²) in [6, 6.07) is 3.87. The van der Waals surface area contributed by atoms with Gasteiger partial charge in [0.1, 0.15) is 6.10 Å². The molecule has 0 spiro atoms. The lowest BCUT2D eigenvalue weighted by atomic mass is 10.2. The SMILES string of the molecule is O=[N+]([O-])c1c(F)cccc1O[C@@H]1CCNC1. The van der Waals surface area contributed by atoms with Gasteiger partial charge >= 0.3 is 5.69 Å². The Labute approximate surface area is 91.4 Å². The third-order valence-electron chi connectivity index (χ3n) is 2.44. The molecule has 1 N–H and O–H groups in total. The van der Waals surface area contributed by atoms with Crippen LogP contribution in [-0.2, 0) is 0 Å². The molecule has 0 bridgehead atoms. The highest BCUT2D eigenvalue weighted by Gasteiger charge is 2.25. The van der Waals surface area contributed by atoms with E-state index in [2.05, 4.69) is 5.32 Å². The van der Waals surface area contributed by atoms with Crippen molar-refractivity contribution in [2.24, 2.45) is 0 Å². The smallest absolute Gasteiger partial charge is 0.346 e. The van der Waals surface area contributed by atoms with Crippen molar-refractivity contribution in [2.75, 3.05) is 13.1 Å². The van der Waals surface area contributed by atoms with E-state index < -0.39 is 16.4 Å². The van der Waals surface area contributed by atoms with E-state index >= 15 is 0 Å². The zero-order valence-corrected chi connectivity index (χ0v) is 8.48. The molecule has 1 aromatic carbocycles. The molecular weight excluding hydrogens is 215 g/mol. The maximum Gasteiger partial charge on any atom is 0.346 e. The van der Waals surface area contributed by atoms with E-state index in [1.807, 2.05) is 0 Å². The molecule has 1 aliphatic heterocycles. The minimum Gasteiger partial charge on any atom is -0.482 e. The van der Waals surface area contributed by atoms with Crippen LogP contribution in [0.25, 0.3) is 0 Å². The topological polar surface area (TPSA) is 64.4 Å². The highest BCUT2D eigenvalue weighted by Crippen LogP contribution is 2.30. The number of nitrogens with zero attached hydrogens (tertiary/aromatic N) is 1. The molecule has 0 aromatic heterocycles. The van der Waals surface area contributed by atoms with Crippen molar-refractivity contribution in [1.29, 1.82) is 0 Å². The lowest BCUT2D eigenvalue weighted by Gasteiger charge is -2.12. The number of nitro benzene ring substituents is 1. The standard InChI is InChI=1S/C10H11FN2O3/c11-8-2-1-3-9(10(8)13(14)15)16-7-4-5-12-6-7/h1-3,7,12H,4-6H2/t7-/m1/s1. The Kier molecular flexibility index (Phi) is 3.00. The molecule has 0 radical (unpaired) electrons. The van der Waals surface area contributed by atoms with Gasteiger partial charge in [0, 0.05) is 6.54 Å². The molecule has 1 saturated heterocycles. The van der Waals surface area contributed by atoms with Crippen LogP contribution in [-0.4, -0.2) is 24.1 Å². The second-order valence-electron chi connectivity index (χ2n) is 3.58. The van der Waals surface area contributed by atoms with E-state index in [0.717, 1.165) is 19.0 Å². The van der Waals surface area contributed by atoms with Gasteiger partial charge in [0.05, 0.1) is 4.92 Å². The van der Waals surface area contributed by atoms with Crippen molar-refractivity contribution < 1.29 is 14.1 Å². The number of benzene rings is 1. The number of halogens is 1. The Morgan fingerprint density at radius 2 is 2.38 bits per heavy atom. The van der Waals surface area contributed by atoms with Gasteiger partial charge in [-0.1, -0.05) is 6.07 Å². The first-order chi connectivity index (χ1) is 7.68. The molecule has 0 unspecified atom stereocenters. The van der Waals surface area contributed by atoms with E-state index in [1.54, 1.807) is 0 Å². The van der Waals surface area contributed by atoms with Gasteiger partial charge in [-0.25, -0.2) is 0 Å². The number of nitro groups is 1. The summed E-state index contributed by atoms with van der Waals surface area (Å²) in [5.41, 5.74) is -0.589. The Bertz CT molecular complexity index is 405. The highest BCUT2D eigenvalue weighted by molar-refractivity contribution is 5.47. The number of hydrogen-bond acceptors (Lipinski definition) is 4. The zero-order valence-electron chi connectivity index (χ0n) is 8.48. The summed E-state index contributed by atoms with van der Waals surface area (Å²) in [7, 11) is 0. The first-order valence-electron chi connectivity index (χ1n) is 4.99. The van der Waals surface area contributed by atoms with E-state index in [-0.39, 0.29) is 11.9 Å². The van der Waals surface area contributed by atoms with Crippen molar-refractivity contribution in [3.8, 4) is 5.75 Å². The van der Waals surface area contributed by atoms with Gasteiger partial charge in [0.25, 0.3) is 0 Å². The van der Waals surface area contributed by atoms with Gasteiger partial charge in [-0.05, 0) is 25.1 Å². The van der Waals surface area contributed by atoms with Gasteiger partial charge < -0.3 is 10.1 Å². The lowest BCUT2D eigenvalue weighted by molar-refractivity contribution is -0.388. The van der Waals surface area contributed by atoms with Gasteiger partial charge in [0.2, 0.25) is 11.6 Å². The average molecular weight is 226 g/mol. The molecule has 6 heteroatoms. The summed E-state index contributed by atoms with van der Waals surface area (Å²) < 4.78 is 18.6. The summed E-state index contributed by atoms with van der Waals surface area (Å²) in [5.74, 6) is -0.868. The van der Waals surface area contributed by atoms with Crippen molar-refractivity contribution in [1.82, 2.24) is 5.32 Å². The largest absolute Gasteiger partial charge is 0.482 e. The Morgan fingerprint density at radius 3 is 3.00 bits per heavy atom. The van der Waals surface area contributed by atoms with Crippen LogP contribution in [0.15, 0.2) is 18.2 Å². The zero-order chi connectivity index (χ0) is 11.5. The van der Waals surface area contributed by atoms with Gasteiger partial charge in [-0.2, -0.15) is 4.39 Å². The van der Waals surface area contributed by atoms with Crippen LogP contribution in [0.4, 0.5) is 10.1 Å². The van der Waals surface area contributed by atoms with Crippen LogP contribution < -0.4 is 10.1 Å². The summed E-state index contributed by atoms with van der Waals surface area (Å²) in [4.78, 5) is 9.93. The minimum absolute atomic E-state index is 0.00120. The molecule has 1 aromatic rings. The molecule has 0 aliphatic carbocycles. The summed E-state index contributed by atoms with van der Waals surface area (Å²) in [6.07, 6.45) is 0.647. The van der Waals surface area contributed by atoms with Crippen LogP contribution >= 0.6 is 0 Å². The maximum absolute atomic E-state index is 13.2. The Hall–Kier alpha value is -1.69. The number of nitrogens with one attached hydrogen (secondary N) is 1. The molecule has 0 saturated carbocycles. The van der Waals surface area contributed by atoms with E-state index in [9.17, 15) is 14.5 Å². The summed E-state index contributed by atoms with van der Waals surface area (Å²) in [5, 5.41) is 13.8. The fraction of sp³-hybridized carbons (Fsp3) is 0.400. The first-order valence-corrected chi connectivity index (χ1v) is 4.99. The second kappa shape index (κ2) is 4.44. The van der Waals surface area contributed by atoms with Gasteiger partial charge in [-0.3, -0.25) is 10.1 Å². The lowest BCUT2D eigenvalue weighted by Crippen LogP contribution is -2.20. The quantitative estimate of drug-likeness (QED) is 0.626. The molecule has 86 valence electrons. The molecule has 1 aliphatic rings. The Balaban J connectivity index is 2.25. The number of para-hydroxylation sites is 1. The van der Waals surface area contributed by atoms with Crippen LogP contribution in [0.5, 0.6) is 5.75 Å². The normalized spacial score (nSPS) is 19.7. The van der Waals surface area contributed by atoms with Crippen LogP contribution in [0.3, 0.4) is 0 Å². The van der Waals surface area contributed by atoms with Crippen molar-refractivity contribution in [3.05, 3.63) is 34.1 Å². The molecule has 1 heterocycles. The third-order valence-corrected chi connectivity index (χ3v) is 2.44. The maximum atomic E-state index is 13.2. The van der Waals surface area contributed by atoms with E-state index in [4.69, 9.17) is 4.74 Å². The van der Waals surface area contributed by atoms with Crippen LogP contribution in [0.1, 0.15) is 6.42 Å². The molecule has 1 fully saturated rings. The molecule has 2 rings (SSSR count). The van der Waals surface area contributed by atoms with Crippen LogP contribution in [0, 0.1) is 15.9 Å². The second-order valence-corrected chi connectivity index (χ2v) is 3.58. The fourth-order valence-electron chi connectivity index (χ4n) is 1.68. The predicted octanol–water partition coefficient (Wildman–Crippen LogP) is 1.47. The molecule has 1 atom stereocenters. The summed E-state index contributed by atoms with van der Waals surface area (Å²) in [6.45, 7) is 1.45. The van der Waals surface area contributed by atoms with Crippen molar-refractivity contribution in [2.45, 2.75) is 12.5 Å². The van der Waals surface area contributed by atoms with Gasteiger partial charge in [0.15, 0.2) is 0 Å². The van der Waals surface area contributed by atoms with E-state index in [1.165, 1.54) is 12.1 Å². The highest BCUT2D eigenvalue weighted by atomic mass is 19.1. The van der Waals surface area contributed by atoms with Gasteiger partial charge in [-0.15, -0.1) is 0 Å². The predicted molar refractivity (Wildman–Crippen MR) is 55.0 cm³/mol. The molecule has 0 amide bonds. The van der Waals surface area contributed by atoms with E-state index in [0.29, 0.717) is 6.54 Å². The van der Waals surface area contributed by atoms with Crippen molar-refractivity contribution >= 4 is 5.69 Å². The Morgan fingerprint density at radius 1 is 1.56 bits per heavy atom. The minimum atomic E-state index is -0.867. The molecule has 5 nitrogen and oxygen atoms in total. The monoisotopic (exact) mass is 226 g/mol. The average Bonchev–Trinajstić information content (AvgIpc) is 2.70.